The highest BCUT2D eigenvalue weighted by atomic mass is 32.2. The van der Waals surface area contributed by atoms with Crippen LogP contribution < -0.4 is 5.32 Å². The van der Waals surface area contributed by atoms with Crippen LogP contribution in [-0.2, 0) is 14.4 Å². The highest BCUT2D eigenvalue weighted by Crippen LogP contribution is 2.39. The molecule has 30 heavy (non-hydrogen) atoms. The molecule has 0 spiro atoms. The first kappa shape index (κ1) is 20.5. The van der Waals surface area contributed by atoms with Crippen molar-refractivity contribution >= 4 is 35.2 Å². The molecule has 0 bridgehead atoms. The Kier molecular flexibility index (Phi) is 6.12. The smallest absolute Gasteiger partial charge is 0.247 e. The number of amides is 3. The van der Waals surface area contributed by atoms with Crippen LogP contribution in [-0.4, -0.2) is 60.9 Å². The van der Waals surface area contributed by atoms with Crippen molar-refractivity contribution in [2.45, 2.75) is 38.1 Å². The maximum absolute atomic E-state index is 13.1. The highest BCUT2D eigenvalue weighted by molar-refractivity contribution is 7.98. The van der Waals surface area contributed by atoms with Gasteiger partial charge < -0.3 is 5.32 Å². The Hall–Kier alpha value is -2.75. The molecule has 0 unspecified atom stereocenters. The number of fused-ring (bicyclic) bond motifs is 1. The number of rotatable bonds is 7. The number of anilines is 1. The summed E-state index contributed by atoms with van der Waals surface area (Å²) in [6.07, 6.45) is 7.26. The summed E-state index contributed by atoms with van der Waals surface area (Å²) in [5.41, 5.74) is 1.34. The molecular weight excluding hydrogens is 404 g/mol. The summed E-state index contributed by atoms with van der Waals surface area (Å²) in [5, 5.41) is 13.9. The van der Waals surface area contributed by atoms with Gasteiger partial charge in [-0.1, -0.05) is 12.8 Å². The van der Waals surface area contributed by atoms with E-state index >= 15 is 0 Å². The van der Waals surface area contributed by atoms with Crippen LogP contribution in [0.5, 0.6) is 0 Å². The molecule has 1 aromatic heterocycles. The van der Waals surface area contributed by atoms with E-state index in [0.29, 0.717) is 17.9 Å². The zero-order chi connectivity index (χ0) is 21.1. The largest absolute Gasteiger partial charge is 0.324 e. The van der Waals surface area contributed by atoms with Crippen molar-refractivity contribution < 1.29 is 14.4 Å². The summed E-state index contributed by atoms with van der Waals surface area (Å²) in [7, 11) is 0. The van der Waals surface area contributed by atoms with Gasteiger partial charge in [0.2, 0.25) is 17.7 Å². The lowest BCUT2D eigenvalue weighted by atomic mass is 9.81. The van der Waals surface area contributed by atoms with Gasteiger partial charge >= 0.3 is 0 Å². The summed E-state index contributed by atoms with van der Waals surface area (Å²) in [4.78, 5) is 40.3. The van der Waals surface area contributed by atoms with Crippen molar-refractivity contribution in [1.82, 2.24) is 25.1 Å². The predicted molar refractivity (Wildman–Crippen MR) is 112 cm³/mol. The molecule has 1 aromatic carbocycles. The molecule has 4 rings (SSSR count). The molecule has 10 heteroatoms. The van der Waals surface area contributed by atoms with Crippen molar-refractivity contribution in [2.24, 2.45) is 11.8 Å². The van der Waals surface area contributed by atoms with Crippen molar-refractivity contribution in [1.29, 1.82) is 0 Å². The lowest BCUT2D eigenvalue weighted by Gasteiger charge is -2.26. The van der Waals surface area contributed by atoms with Gasteiger partial charge in [-0.25, -0.2) is 4.68 Å². The summed E-state index contributed by atoms with van der Waals surface area (Å²) < 4.78 is 1.51. The lowest BCUT2D eigenvalue weighted by Crippen LogP contribution is -2.48. The molecular formula is C20H24N6O3S. The van der Waals surface area contributed by atoms with Crippen LogP contribution in [0.1, 0.15) is 32.1 Å². The van der Waals surface area contributed by atoms with E-state index in [9.17, 15) is 14.4 Å². The first-order valence-corrected chi connectivity index (χ1v) is 11.5. The number of carbonyl (C=O) groups is 3. The van der Waals surface area contributed by atoms with E-state index in [2.05, 4.69) is 20.8 Å². The maximum Gasteiger partial charge on any atom is 0.247 e. The fraction of sp³-hybridized carbons (Fsp3) is 0.500. The summed E-state index contributed by atoms with van der Waals surface area (Å²) in [6, 6.07) is 6.26. The van der Waals surface area contributed by atoms with Crippen molar-refractivity contribution in [2.75, 3.05) is 17.3 Å². The molecule has 3 amide bonds. The molecule has 2 heterocycles. The van der Waals surface area contributed by atoms with Gasteiger partial charge in [0.05, 0.1) is 17.5 Å². The number of nitrogens with one attached hydrogen (secondary N) is 1. The number of hydrogen-bond acceptors (Lipinski definition) is 7. The molecule has 1 aliphatic carbocycles. The number of carbonyl (C=O) groups excluding carboxylic acids is 3. The zero-order valence-electron chi connectivity index (χ0n) is 16.7. The Labute approximate surface area is 178 Å². The fourth-order valence-corrected chi connectivity index (χ4v) is 4.76. The molecule has 1 saturated heterocycles. The second-order valence-corrected chi connectivity index (χ2v) is 8.62. The average Bonchev–Trinajstić information content (AvgIpc) is 3.38. The number of aromatic nitrogens is 4. The highest BCUT2D eigenvalue weighted by Gasteiger charge is 2.51. The van der Waals surface area contributed by atoms with E-state index in [1.165, 1.54) is 15.9 Å². The second-order valence-electron chi connectivity index (χ2n) is 7.63. The van der Waals surface area contributed by atoms with Crippen molar-refractivity contribution in [3.63, 3.8) is 0 Å². The Balaban J connectivity index is 1.51. The minimum absolute atomic E-state index is 0.181. The van der Waals surface area contributed by atoms with E-state index in [0.717, 1.165) is 31.4 Å². The van der Waals surface area contributed by atoms with Gasteiger partial charge in [-0.3, -0.25) is 19.3 Å². The van der Waals surface area contributed by atoms with Crippen LogP contribution >= 0.6 is 11.8 Å². The molecule has 2 aromatic rings. The minimum Gasteiger partial charge on any atom is -0.324 e. The standard InChI is InChI=1S/C20H24N6O3S/c1-30-11-10-17(26-19(28)15-4-2-3-5-16(15)20(26)29)18(27)22-13-6-8-14(9-7-13)25-12-21-23-24-25/h6-9,12,15-17H,2-5,10-11H2,1H3,(H,22,27)/t15-,16+,17-/m1/s1. The normalized spacial score (nSPS) is 22.1. The molecule has 1 saturated carbocycles. The maximum atomic E-state index is 13.1. The number of nitrogens with zero attached hydrogens (tertiary/aromatic N) is 5. The number of hydrogen-bond donors (Lipinski definition) is 1. The number of benzene rings is 1. The quantitative estimate of drug-likeness (QED) is 0.671. The van der Waals surface area contributed by atoms with Crippen molar-refractivity contribution in [3.05, 3.63) is 30.6 Å². The first-order valence-electron chi connectivity index (χ1n) is 10.1. The minimum atomic E-state index is -0.790. The third-order valence-corrected chi connectivity index (χ3v) is 6.48. The lowest BCUT2D eigenvalue weighted by molar-refractivity contribution is -0.146. The van der Waals surface area contributed by atoms with E-state index < -0.39 is 6.04 Å². The molecule has 1 N–H and O–H groups in total. The third-order valence-electron chi connectivity index (χ3n) is 5.83. The summed E-state index contributed by atoms with van der Waals surface area (Å²) >= 11 is 1.59. The van der Waals surface area contributed by atoms with Crippen LogP contribution in [0.15, 0.2) is 30.6 Å². The van der Waals surface area contributed by atoms with Crippen LogP contribution in [0.3, 0.4) is 0 Å². The number of likely N-dealkylation sites (tertiary alicyclic amines) is 1. The molecule has 0 radical (unpaired) electrons. The van der Waals surface area contributed by atoms with Gasteiger partial charge in [0.15, 0.2) is 0 Å². The molecule has 2 fully saturated rings. The van der Waals surface area contributed by atoms with Crippen LogP contribution in [0.4, 0.5) is 5.69 Å². The van der Waals surface area contributed by atoms with E-state index in [4.69, 9.17) is 0 Å². The van der Waals surface area contributed by atoms with Gasteiger partial charge in [0, 0.05) is 5.69 Å². The Bertz CT molecular complexity index is 893. The Morgan fingerprint density at radius 3 is 2.40 bits per heavy atom. The number of thioether (sulfide) groups is 1. The monoisotopic (exact) mass is 428 g/mol. The Morgan fingerprint density at radius 1 is 1.17 bits per heavy atom. The first-order chi connectivity index (χ1) is 14.6. The SMILES string of the molecule is CSCC[C@H](C(=O)Nc1ccc(-n2cnnn2)cc1)N1C(=O)[C@H]2CCCC[C@H]2C1=O. The van der Waals surface area contributed by atoms with E-state index in [-0.39, 0.29) is 29.6 Å². The van der Waals surface area contributed by atoms with Crippen LogP contribution in [0, 0.1) is 11.8 Å². The van der Waals surface area contributed by atoms with Crippen LogP contribution in [0.2, 0.25) is 0 Å². The topological polar surface area (TPSA) is 110 Å². The van der Waals surface area contributed by atoms with Gasteiger partial charge in [-0.2, -0.15) is 11.8 Å². The van der Waals surface area contributed by atoms with Crippen molar-refractivity contribution in [3.8, 4) is 5.69 Å². The second kappa shape index (κ2) is 8.95. The Morgan fingerprint density at radius 2 is 1.83 bits per heavy atom. The average molecular weight is 429 g/mol. The molecule has 3 atom stereocenters. The number of tetrazole rings is 1. The summed E-state index contributed by atoms with van der Waals surface area (Å²) in [5.74, 6) is -0.528. The number of imide groups is 1. The van der Waals surface area contributed by atoms with Gasteiger partial charge in [0.1, 0.15) is 12.4 Å². The van der Waals surface area contributed by atoms with E-state index in [1.54, 1.807) is 36.0 Å². The fourth-order valence-electron chi connectivity index (χ4n) is 4.30. The van der Waals surface area contributed by atoms with Crippen LogP contribution in [0.25, 0.3) is 5.69 Å². The van der Waals surface area contributed by atoms with E-state index in [1.807, 2.05) is 6.26 Å². The predicted octanol–water partition coefficient (Wildman–Crippen LogP) is 1.90. The molecule has 1 aliphatic heterocycles. The molecule has 158 valence electrons. The van der Waals surface area contributed by atoms with Gasteiger partial charge in [-0.05, 0) is 66.0 Å². The third kappa shape index (κ3) is 3.96. The zero-order valence-corrected chi connectivity index (χ0v) is 17.5. The van der Waals surface area contributed by atoms with Gasteiger partial charge in [0.25, 0.3) is 0 Å². The summed E-state index contributed by atoms with van der Waals surface area (Å²) in [6.45, 7) is 0. The van der Waals surface area contributed by atoms with Gasteiger partial charge in [-0.15, -0.1) is 5.10 Å². The molecule has 2 aliphatic rings. The molecule has 9 nitrogen and oxygen atoms in total.